The van der Waals surface area contributed by atoms with E-state index in [1.807, 2.05) is 6.92 Å². The maximum absolute atomic E-state index is 11.7. The largest absolute Gasteiger partial charge is 0.353 e. The average Bonchev–Trinajstić information content (AvgIpc) is 2.92. The Kier molecular flexibility index (Phi) is 4.96. The molecule has 3 N–H and O–H groups in total. The summed E-state index contributed by atoms with van der Waals surface area (Å²) in [7, 11) is 0. The lowest BCUT2D eigenvalue weighted by atomic mass is 10.2. The Bertz CT molecular complexity index is 451. The minimum Gasteiger partial charge on any atom is -0.353 e. The molecule has 5 nitrogen and oxygen atoms in total. The van der Waals surface area contributed by atoms with E-state index in [1.165, 1.54) is 25.7 Å². The van der Waals surface area contributed by atoms with E-state index >= 15 is 0 Å². The van der Waals surface area contributed by atoms with Crippen molar-refractivity contribution in [2.45, 2.75) is 51.5 Å². The minimum atomic E-state index is -0.0578. The first-order chi connectivity index (χ1) is 9.24. The van der Waals surface area contributed by atoms with E-state index in [9.17, 15) is 4.79 Å². The molecule has 0 unspecified atom stereocenters. The van der Waals surface area contributed by atoms with Crippen molar-refractivity contribution >= 4 is 5.82 Å². The molecule has 0 spiro atoms. The number of hydrogen-bond donors (Lipinski definition) is 2. The zero-order valence-corrected chi connectivity index (χ0v) is 11.7. The van der Waals surface area contributed by atoms with Crippen LogP contribution in [0.5, 0.6) is 0 Å². The summed E-state index contributed by atoms with van der Waals surface area (Å²) in [6.45, 7) is 3.57. The molecule has 0 amide bonds. The number of aromatic nitrogens is 2. The lowest BCUT2D eigenvalue weighted by Gasteiger charge is -2.30. The van der Waals surface area contributed by atoms with Crippen molar-refractivity contribution < 1.29 is 0 Å². The van der Waals surface area contributed by atoms with E-state index in [-0.39, 0.29) is 5.56 Å². The first-order valence-electron chi connectivity index (χ1n) is 7.31. The summed E-state index contributed by atoms with van der Waals surface area (Å²) in [5.74, 6) is 1.58. The van der Waals surface area contributed by atoms with Crippen molar-refractivity contribution in [1.29, 1.82) is 0 Å². The molecule has 1 aromatic heterocycles. The Morgan fingerprint density at radius 3 is 2.84 bits per heavy atom. The van der Waals surface area contributed by atoms with Gasteiger partial charge < -0.3 is 15.6 Å². The molecule has 19 heavy (non-hydrogen) atoms. The van der Waals surface area contributed by atoms with Crippen molar-refractivity contribution in [2.75, 3.05) is 18.0 Å². The number of nitrogens with one attached hydrogen (secondary N) is 1. The predicted octanol–water partition coefficient (Wildman–Crippen LogP) is 1.43. The maximum Gasteiger partial charge on any atom is 0.252 e. The van der Waals surface area contributed by atoms with Gasteiger partial charge >= 0.3 is 0 Å². The standard InChI is InChI=1S/C14H24N4O/c1-2-12-16-13(10-14(19)17-12)18(9-5-8-15)11-6-3-4-7-11/h10-11H,2-9,15H2,1H3,(H,16,17,19). The van der Waals surface area contributed by atoms with Gasteiger partial charge in [-0.05, 0) is 25.8 Å². The van der Waals surface area contributed by atoms with E-state index in [0.717, 1.165) is 31.0 Å². The molecule has 2 rings (SSSR count). The molecule has 106 valence electrons. The molecule has 0 bridgehead atoms. The van der Waals surface area contributed by atoms with Gasteiger partial charge in [0, 0.05) is 25.1 Å². The Balaban J connectivity index is 2.25. The molecule has 0 radical (unpaired) electrons. The van der Waals surface area contributed by atoms with E-state index in [1.54, 1.807) is 6.07 Å². The number of H-pyrrole nitrogens is 1. The highest BCUT2D eigenvalue weighted by Gasteiger charge is 2.23. The zero-order valence-electron chi connectivity index (χ0n) is 11.7. The minimum absolute atomic E-state index is 0.0578. The molecule has 0 saturated heterocycles. The Morgan fingerprint density at radius 1 is 1.47 bits per heavy atom. The van der Waals surface area contributed by atoms with Crippen molar-refractivity contribution in [3.8, 4) is 0 Å². The number of anilines is 1. The molecular formula is C14H24N4O. The first kappa shape index (κ1) is 14.1. The fourth-order valence-electron chi connectivity index (χ4n) is 2.77. The summed E-state index contributed by atoms with van der Waals surface area (Å²) in [5.41, 5.74) is 5.57. The molecule has 1 aliphatic rings. The van der Waals surface area contributed by atoms with Crippen molar-refractivity contribution in [1.82, 2.24) is 9.97 Å². The molecule has 5 heteroatoms. The van der Waals surface area contributed by atoms with Gasteiger partial charge in [0.05, 0.1) is 0 Å². The van der Waals surface area contributed by atoms with Crippen LogP contribution in [0, 0.1) is 0 Å². The van der Waals surface area contributed by atoms with E-state index in [0.29, 0.717) is 12.6 Å². The number of aryl methyl sites for hydroxylation is 1. The highest BCUT2D eigenvalue weighted by atomic mass is 16.1. The summed E-state index contributed by atoms with van der Waals surface area (Å²) < 4.78 is 0. The molecular weight excluding hydrogens is 240 g/mol. The van der Waals surface area contributed by atoms with Crippen LogP contribution in [0.2, 0.25) is 0 Å². The van der Waals surface area contributed by atoms with Crippen LogP contribution in [-0.2, 0) is 6.42 Å². The number of aromatic amines is 1. The van der Waals surface area contributed by atoms with Gasteiger partial charge in [-0.3, -0.25) is 4.79 Å². The van der Waals surface area contributed by atoms with Gasteiger partial charge in [-0.1, -0.05) is 19.8 Å². The van der Waals surface area contributed by atoms with Gasteiger partial charge in [0.2, 0.25) is 0 Å². The van der Waals surface area contributed by atoms with Crippen LogP contribution in [0.3, 0.4) is 0 Å². The van der Waals surface area contributed by atoms with Crippen molar-refractivity contribution in [3.63, 3.8) is 0 Å². The van der Waals surface area contributed by atoms with E-state index in [2.05, 4.69) is 14.9 Å². The summed E-state index contributed by atoms with van der Waals surface area (Å²) in [6.07, 6.45) is 6.62. The summed E-state index contributed by atoms with van der Waals surface area (Å²) in [4.78, 5) is 21.4. The lowest BCUT2D eigenvalue weighted by molar-refractivity contribution is 0.584. The van der Waals surface area contributed by atoms with Crippen LogP contribution in [0.1, 0.15) is 44.9 Å². The third-order valence-electron chi connectivity index (χ3n) is 3.77. The summed E-state index contributed by atoms with van der Waals surface area (Å²) in [5, 5.41) is 0. The van der Waals surface area contributed by atoms with Crippen LogP contribution in [0.15, 0.2) is 10.9 Å². The summed E-state index contributed by atoms with van der Waals surface area (Å²) in [6, 6.07) is 2.14. The van der Waals surface area contributed by atoms with Crippen molar-refractivity contribution in [2.24, 2.45) is 5.73 Å². The first-order valence-corrected chi connectivity index (χ1v) is 7.31. The average molecular weight is 264 g/mol. The third-order valence-corrected chi connectivity index (χ3v) is 3.77. The van der Waals surface area contributed by atoms with E-state index < -0.39 is 0 Å². The molecule has 1 aliphatic carbocycles. The van der Waals surface area contributed by atoms with Gasteiger partial charge in [0.1, 0.15) is 11.6 Å². The molecule has 1 aromatic rings. The normalized spacial score (nSPS) is 15.9. The Labute approximate surface area is 114 Å². The smallest absolute Gasteiger partial charge is 0.252 e. The topological polar surface area (TPSA) is 75.0 Å². The number of rotatable bonds is 6. The van der Waals surface area contributed by atoms with Crippen LogP contribution >= 0.6 is 0 Å². The van der Waals surface area contributed by atoms with Crippen LogP contribution in [0.25, 0.3) is 0 Å². The van der Waals surface area contributed by atoms with Crippen molar-refractivity contribution in [3.05, 3.63) is 22.2 Å². The van der Waals surface area contributed by atoms with Crippen LogP contribution in [0.4, 0.5) is 5.82 Å². The molecule has 1 heterocycles. The Hall–Kier alpha value is -1.36. The Morgan fingerprint density at radius 2 is 2.21 bits per heavy atom. The number of nitrogens with zero attached hydrogens (tertiary/aromatic N) is 2. The quantitative estimate of drug-likeness (QED) is 0.815. The van der Waals surface area contributed by atoms with E-state index in [4.69, 9.17) is 5.73 Å². The number of hydrogen-bond acceptors (Lipinski definition) is 4. The molecule has 0 atom stereocenters. The van der Waals surface area contributed by atoms with Gasteiger partial charge in [-0.2, -0.15) is 0 Å². The fourth-order valence-corrected chi connectivity index (χ4v) is 2.77. The predicted molar refractivity (Wildman–Crippen MR) is 77.5 cm³/mol. The fraction of sp³-hybridized carbons (Fsp3) is 0.714. The molecule has 0 aliphatic heterocycles. The second-order valence-corrected chi connectivity index (χ2v) is 5.18. The molecule has 1 saturated carbocycles. The lowest BCUT2D eigenvalue weighted by Crippen LogP contribution is -2.36. The number of nitrogens with two attached hydrogens (primary N) is 1. The monoisotopic (exact) mass is 264 g/mol. The SMILES string of the molecule is CCc1nc(N(CCCN)C2CCCC2)cc(=O)[nH]1. The highest BCUT2D eigenvalue weighted by Crippen LogP contribution is 2.26. The maximum atomic E-state index is 11.7. The van der Waals surface area contributed by atoms with Gasteiger partial charge in [-0.15, -0.1) is 0 Å². The third kappa shape index (κ3) is 3.56. The molecule has 0 aromatic carbocycles. The van der Waals surface area contributed by atoms with Crippen LogP contribution < -0.4 is 16.2 Å². The van der Waals surface area contributed by atoms with Crippen LogP contribution in [-0.4, -0.2) is 29.1 Å². The second-order valence-electron chi connectivity index (χ2n) is 5.18. The summed E-state index contributed by atoms with van der Waals surface area (Å²) >= 11 is 0. The zero-order chi connectivity index (χ0) is 13.7. The second kappa shape index (κ2) is 6.70. The van der Waals surface area contributed by atoms with Gasteiger partial charge in [0.25, 0.3) is 5.56 Å². The molecule has 1 fully saturated rings. The van der Waals surface area contributed by atoms with Gasteiger partial charge in [-0.25, -0.2) is 4.98 Å². The van der Waals surface area contributed by atoms with Gasteiger partial charge in [0.15, 0.2) is 0 Å². The highest BCUT2D eigenvalue weighted by molar-refractivity contribution is 5.39.